The van der Waals surface area contributed by atoms with Crippen molar-refractivity contribution < 1.29 is 23.1 Å². The summed E-state index contributed by atoms with van der Waals surface area (Å²) in [5.41, 5.74) is -1.22. The van der Waals surface area contributed by atoms with Crippen LogP contribution in [0.15, 0.2) is 0 Å². The van der Waals surface area contributed by atoms with Crippen molar-refractivity contribution in [3.05, 3.63) is 0 Å². The van der Waals surface area contributed by atoms with E-state index in [1.165, 1.54) is 6.92 Å². The third-order valence-corrected chi connectivity index (χ3v) is 2.32. The van der Waals surface area contributed by atoms with Crippen molar-refractivity contribution in [2.24, 2.45) is 5.92 Å². The van der Waals surface area contributed by atoms with Gasteiger partial charge in [0.05, 0.1) is 5.60 Å². The van der Waals surface area contributed by atoms with Crippen LogP contribution in [0, 0.1) is 5.92 Å². The van der Waals surface area contributed by atoms with Gasteiger partial charge in [-0.25, -0.2) is 0 Å². The molecule has 0 saturated heterocycles. The quantitative estimate of drug-likeness (QED) is 0.726. The second-order valence-electron chi connectivity index (χ2n) is 3.81. The van der Waals surface area contributed by atoms with Crippen molar-refractivity contribution in [2.75, 3.05) is 6.54 Å². The Balaban J connectivity index is 2.36. The van der Waals surface area contributed by atoms with Gasteiger partial charge in [-0.3, -0.25) is 4.79 Å². The summed E-state index contributed by atoms with van der Waals surface area (Å²) < 4.78 is 35.2. The van der Waals surface area contributed by atoms with Gasteiger partial charge in [0.25, 0.3) is 0 Å². The topological polar surface area (TPSA) is 49.3 Å². The van der Waals surface area contributed by atoms with Crippen LogP contribution in [0.1, 0.15) is 19.8 Å². The second kappa shape index (κ2) is 3.42. The molecular weight excluding hydrogens is 199 g/mol. The third kappa shape index (κ3) is 2.87. The molecule has 0 aromatic rings. The Bertz CT molecular complexity index is 233. The third-order valence-electron chi connectivity index (χ3n) is 2.32. The van der Waals surface area contributed by atoms with Crippen molar-refractivity contribution in [1.82, 2.24) is 5.32 Å². The predicted molar refractivity (Wildman–Crippen MR) is 42.4 cm³/mol. The fraction of sp³-hybridized carbons (Fsp3) is 0.875. The molecule has 1 amide bonds. The first-order valence-corrected chi connectivity index (χ1v) is 4.31. The normalized spacial score (nSPS) is 21.5. The minimum absolute atomic E-state index is 0.0102. The van der Waals surface area contributed by atoms with Gasteiger partial charge in [0.1, 0.15) is 0 Å². The molecule has 2 N–H and O–H groups in total. The van der Waals surface area contributed by atoms with Gasteiger partial charge in [0, 0.05) is 6.54 Å². The number of aliphatic hydroxyl groups is 1. The Hall–Kier alpha value is -0.780. The summed E-state index contributed by atoms with van der Waals surface area (Å²) in [5.74, 6) is -1.99. The van der Waals surface area contributed by atoms with E-state index in [-0.39, 0.29) is 12.5 Å². The van der Waals surface area contributed by atoms with Crippen molar-refractivity contribution in [3.8, 4) is 0 Å². The molecular formula is C8H12F3NO2. The number of rotatable bonds is 3. The molecule has 0 aliphatic heterocycles. The molecule has 0 bridgehead atoms. The zero-order chi connectivity index (χ0) is 11.0. The van der Waals surface area contributed by atoms with Crippen LogP contribution in [-0.2, 0) is 4.79 Å². The molecule has 0 aromatic heterocycles. The van der Waals surface area contributed by atoms with E-state index < -0.39 is 17.7 Å². The largest absolute Gasteiger partial charge is 0.471 e. The number of amides is 1. The van der Waals surface area contributed by atoms with Gasteiger partial charge < -0.3 is 10.4 Å². The minimum atomic E-state index is -4.88. The van der Waals surface area contributed by atoms with Gasteiger partial charge in [-0.1, -0.05) is 0 Å². The zero-order valence-electron chi connectivity index (χ0n) is 7.69. The molecule has 1 unspecified atom stereocenters. The van der Waals surface area contributed by atoms with E-state index in [0.717, 1.165) is 12.8 Å². The lowest BCUT2D eigenvalue weighted by Crippen LogP contribution is -2.46. The van der Waals surface area contributed by atoms with Gasteiger partial charge >= 0.3 is 12.1 Å². The Kier molecular flexibility index (Phi) is 2.76. The SMILES string of the molecule is CC(O)(CNC(=O)C(F)(F)F)C1CC1. The summed E-state index contributed by atoms with van der Waals surface area (Å²) >= 11 is 0. The van der Waals surface area contributed by atoms with Crippen molar-refractivity contribution in [3.63, 3.8) is 0 Å². The summed E-state index contributed by atoms with van der Waals surface area (Å²) in [6, 6.07) is 0. The molecule has 1 atom stereocenters. The number of carbonyl (C=O) groups excluding carboxylic acids is 1. The van der Waals surface area contributed by atoms with E-state index >= 15 is 0 Å². The van der Waals surface area contributed by atoms with Gasteiger partial charge in [0.15, 0.2) is 0 Å². The number of nitrogens with one attached hydrogen (secondary N) is 1. The van der Waals surface area contributed by atoms with E-state index in [0.29, 0.717) is 0 Å². The lowest BCUT2D eigenvalue weighted by atomic mass is 10.0. The molecule has 3 nitrogen and oxygen atoms in total. The fourth-order valence-electron chi connectivity index (χ4n) is 1.21. The molecule has 1 saturated carbocycles. The Morgan fingerprint density at radius 3 is 2.36 bits per heavy atom. The van der Waals surface area contributed by atoms with Crippen molar-refractivity contribution in [1.29, 1.82) is 0 Å². The van der Waals surface area contributed by atoms with E-state index in [4.69, 9.17) is 0 Å². The molecule has 14 heavy (non-hydrogen) atoms. The van der Waals surface area contributed by atoms with E-state index in [1.807, 2.05) is 0 Å². The number of hydrogen-bond acceptors (Lipinski definition) is 2. The number of halogens is 3. The summed E-state index contributed by atoms with van der Waals surface area (Å²) in [4.78, 5) is 10.4. The molecule has 1 aliphatic rings. The molecule has 6 heteroatoms. The lowest BCUT2D eigenvalue weighted by molar-refractivity contribution is -0.174. The molecule has 1 fully saturated rings. The van der Waals surface area contributed by atoms with Gasteiger partial charge in [-0.15, -0.1) is 0 Å². The summed E-state index contributed by atoms with van der Waals surface area (Å²) in [6.07, 6.45) is -3.27. The Morgan fingerprint density at radius 1 is 1.50 bits per heavy atom. The van der Waals surface area contributed by atoms with Crippen LogP contribution in [0.2, 0.25) is 0 Å². The lowest BCUT2D eigenvalue weighted by Gasteiger charge is -2.23. The highest BCUT2D eigenvalue weighted by molar-refractivity contribution is 5.81. The Labute approximate surface area is 79.3 Å². The maximum absolute atomic E-state index is 11.7. The highest BCUT2D eigenvalue weighted by atomic mass is 19.4. The summed E-state index contributed by atoms with van der Waals surface area (Å²) in [7, 11) is 0. The molecule has 82 valence electrons. The van der Waals surface area contributed by atoms with Gasteiger partial charge in [-0.05, 0) is 25.7 Å². The van der Waals surface area contributed by atoms with Gasteiger partial charge in [-0.2, -0.15) is 13.2 Å². The molecule has 0 spiro atoms. The van der Waals surface area contributed by atoms with Crippen molar-refractivity contribution >= 4 is 5.91 Å². The monoisotopic (exact) mass is 211 g/mol. The highest BCUT2D eigenvalue weighted by Crippen LogP contribution is 2.39. The first kappa shape index (κ1) is 11.3. The molecule has 0 aromatic carbocycles. The van der Waals surface area contributed by atoms with Crippen LogP contribution in [0.3, 0.4) is 0 Å². The maximum atomic E-state index is 11.7. The minimum Gasteiger partial charge on any atom is -0.388 e. The summed E-state index contributed by atoms with van der Waals surface area (Å²) in [6.45, 7) is 1.08. The molecule has 1 aliphatic carbocycles. The van der Waals surface area contributed by atoms with Gasteiger partial charge in [0.2, 0.25) is 0 Å². The highest BCUT2D eigenvalue weighted by Gasteiger charge is 2.43. The number of hydrogen-bond donors (Lipinski definition) is 2. The van der Waals surface area contributed by atoms with Crippen LogP contribution in [0.25, 0.3) is 0 Å². The average molecular weight is 211 g/mol. The zero-order valence-corrected chi connectivity index (χ0v) is 7.69. The first-order chi connectivity index (χ1) is 6.23. The smallest absolute Gasteiger partial charge is 0.388 e. The fourth-order valence-corrected chi connectivity index (χ4v) is 1.21. The van der Waals surface area contributed by atoms with E-state index in [2.05, 4.69) is 0 Å². The number of alkyl halides is 3. The second-order valence-corrected chi connectivity index (χ2v) is 3.81. The predicted octanol–water partition coefficient (Wildman–Crippen LogP) is 0.826. The maximum Gasteiger partial charge on any atom is 0.471 e. The average Bonchev–Trinajstić information content (AvgIpc) is 2.80. The van der Waals surface area contributed by atoms with Crippen LogP contribution >= 0.6 is 0 Å². The molecule has 0 radical (unpaired) electrons. The van der Waals surface area contributed by atoms with Crippen LogP contribution in [-0.4, -0.2) is 29.3 Å². The molecule has 0 heterocycles. The first-order valence-electron chi connectivity index (χ1n) is 4.31. The summed E-state index contributed by atoms with van der Waals surface area (Å²) in [5, 5.41) is 11.3. The van der Waals surface area contributed by atoms with E-state index in [1.54, 1.807) is 5.32 Å². The Morgan fingerprint density at radius 2 is 2.00 bits per heavy atom. The molecule has 1 rings (SSSR count). The number of carbonyl (C=O) groups is 1. The van der Waals surface area contributed by atoms with E-state index in [9.17, 15) is 23.1 Å². The van der Waals surface area contributed by atoms with Crippen molar-refractivity contribution in [2.45, 2.75) is 31.5 Å². The van der Waals surface area contributed by atoms with Crippen LogP contribution in [0.4, 0.5) is 13.2 Å². The standard InChI is InChI=1S/C8H12F3NO2/c1-7(14,5-2-3-5)4-12-6(13)8(9,10)11/h5,14H,2-4H2,1H3,(H,12,13). The van der Waals surface area contributed by atoms with Crippen LogP contribution < -0.4 is 5.32 Å². The van der Waals surface area contributed by atoms with Crippen LogP contribution in [0.5, 0.6) is 0 Å².